The molecule has 12 unspecified atom stereocenters. The molecule has 2 fully saturated rings. The topological polar surface area (TPSA) is 228 Å². The number of aliphatic hydroxyl groups is 8. The van der Waals surface area contributed by atoms with E-state index in [2.05, 4.69) is 19.2 Å². The van der Waals surface area contributed by atoms with Crippen LogP contribution in [-0.4, -0.2) is 140 Å². The van der Waals surface area contributed by atoms with Crippen LogP contribution in [0.5, 0.6) is 0 Å². The number of aliphatic hydroxyl groups excluding tert-OH is 8. The van der Waals surface area contributed by atoms with E-state index in [1.54, 1.807) is 0 Å². The van der Waals surface area contributed by atoms with Crippen LogP contribution in [0.2, 0.25) is 0 Å². The average Bonchev–Trinajstić information content (AvgIpc) is 3.59. The number of ether oxygens (including phenoxy) is 4. The molecule has 0 bridgehead atoms. The maximum Gasteiger partial charge on any atom is 0.220 e. The molecule has 0 saturated carbocycles. The quantitative estimate of drug-likeness (QED) is 0.0259. The van der Waals surface area contributed by atoms with Gasteiger partial charge in [0, 0.05) is 6.42 Å². The molecular formula is C69H135NO13. The molecule has 83 heavy (non-hydrogen) atoms. The monoisotopic (exact) mass is 1190 g/mol. The molecule has 14 heteroatoms. The van der Waals surface area contributed by atoms with Crippen molar-refractivity contribution < 1.29 is 64.6 Å². The lowest BCUT2D eigenvalue weighted by molar-refractivity contribution is -0.359. The third-order valence-corrected chi connectivity index (χ3v) is 18.1. The smallest absolute Gasteiger partial charge is 0.220 e. The first-order valence-electron chi connectivity index (χ1n) is 35.8. The normalized spacial score (nSPS) is 23.7. The molecule has 2 aliphatic heterocycles. The van der Waals surface area contributed by atoms with E-state index in [9.17, 15) is 45.6 Å². The number of carbonyl (C=O) groups is 1. The van der Waals surface area contributed by atoms with Gasteiger partial charge in [0.2, 0.25) is 5.91 Å². The van der Waals surface area contributed by atoms with Gasteiger partial charge in [-0.05, 0) is 12.8 Å². The van der Waals surface area contributed by atoms with Crippen LogP contribution in [0.25, 0.3) is 0 Å². The van der Waals surface area contributed by atoms with Gasteiger partial charge < -0.3 is 65.1 Å². The second-order valence-corrected chi connectivity index (χ2v) is 25.7. The van der Waals surface area contributed by atoms with Crippen LogP contribution in [0.1, 0.15) is 341 Å². The van der Waals surface area contributed by atoms with Crippen molar-refractivity contribution in [2.75, 3.05) is 19.8 Å². The zero-order valence-electron chi connectivity index (χ0n) is 53.7. The Morgan fingerprint density at radius 2 is 0.687 bits per heavy atom. The second kappa shape index (κ2) is 55.1. The number of amides is 1. The fourth-order valence-corrected chi connectivity index (χ4v) is 12.4. The lowest BCUT2D eigenvalue weighted by Gasteiger charge is -2.46. The van der Waals surface area contributed by atoms with Gasteiger partial charge in [-0.15, -0.1) is 0 Å². The first kappa shape index (κ1) is 78.1. The molecule has 12 atom stereocenters. The van der Waals surface area contributed by atoms with Crippen molar-refractivity contribution in [3.63, 3.8) is 0 Å². The molecule has 2 saturated heterocycles. The Morgan fingerprint density at radius 3 is 1.02 bits per heavy atom. The molecule has 1 amide bonds. The van der Waals surface area contributed by atoms with Crippen LogP contribution in [0.15, 0.2) is 0 Å². The highest BCUT2D eigenvalue weighted by molar-refractivity contribution is 5.76. The number of hydrogen-bond donors (Lipinski definition) is 9. The summed E-state index contributed by atoms with van der Waals surface area (Å²) in [7, 11) is 0. The van der Waals surface area contributed by atoms with Gasteiger partial charge >= 0.3 is 0 Å². The molecule has 0 spiro atoms. The number of nitrogens with one attached hydrogen (secondary N) is 1. The molecule has 2 aliphatic rings. The summed E-state index contributed by atoms with van der Waals surface area (Å²) < 4.78 is 22.9. The van der Waals surface area contributed by atoms with Gasteiger partial charge in [0.05, 0.1) is 32.0 Å². The Balaban J connectivity index is 1.65. The molecule has 0 aromatic rings. The Kier molecular flexibility index (Phi) is 51.8. The lowest BCUT2D eigenvalue weighted by atomic mass is 9.97. The molecule has 2 rings (SSSR count). The van der Waals surface area contributed by atoms with Gasteiger partial charge in [-0.25, -0.2) is 0 Å². The van der Waals surface area contributed by atoms with Crippen molar-refractivity contribution in [1.29, 1.82) is 0 Å². The second-order valence-electron chi connectivity index (χ2n) is 25.7. The van der Waals surface area contributed by atoms with Gasteiger partial charge in [-0.2, -0.15) is 0 Å². The minimum atomic E-state index is -1.78. The van der Waals surface area contributed by atoms with E-state index in [0.717, 1.165) is 51.4 Å². The Hall–Kier alpha value is -1.01. The zero-order chi connectivity index (χ0) is 60.2. The van der Waals surface area contributed by atoms with Crippen molar-refractivity contribution in [1.82, 2.24) is 5.32 Å². The fraction of sp³-hybridized carbons (Fsp3) is 0.986. The highest BCUT2D eigenvalue weighted by Crippen LogP contribution is 2.30. The summed E-state index contributed by atoms with van der Waals surface area (Å²) >= 11 is 0. The first-order chi connectivity index (χ1) is 40.6. The summed E-state index contributed by atoms with van der Waals surface area (Å²) in [6.45, 7) is 2.93. The summed E-state index contributed by atoms with van der Waals surface area (Å²) in [5, 5.41) is 87.6. The van der Waals surface area contributed by atoms with E-state index >= 15 is 0 Å². The highest BCUT2D eigenvalue weighted by Gasteiger charge is 2.51. The predicted molar refractivity (Wildman–Crippen MR) is 337 cm³/mol. The van der Waals surface area contributed by atoms with Crippen LogP contribution in [0.4, 0.5) is 0 Å². The van der Waals surface area contributed by atoms with Crippen molar-refractivity contribution in [3.8, 4) is 0 Å². The van der Waals surface area contributed by atoms with Crippen molar-refractivity contribution in [2.24, 2.45) is 0 Å². The summed E-state index contributed by atoms with van der Waals surface area (Å²) in [5.41, 5.74) is 0. The Labute approximate surface area is 508 Å². The maximum atomic E-state index is 13.3. The lowest BCUT2D eigenvalue weighted by Crippen LogP contribution is -2.65. The van der Waals surface area contributed by atoms with Gasteiger partial charge in [0.15, 0.2) is 12.6 Å². The number of carbonyl (C=O) groups excluding carboxylic acids is 1. The summed E-state index contributed by atoms with van der Waals surface area (Å²) in [4.78, 5) is 13.3. The summed E-state index contributed by atoms with van der Waals surface area (Å²) in [5.74, 6) is -0.197. The average molecular weight is 1190 g/mol. The third-order valence-electron chi connectivity index (χ3n) is 18.1. The minimum Gasteiger partial charge on any atom is -0.394 e. The van der Waals surface area contributed by atoms with Crippen LogP contribution in [-0.2, 0) is 23.7 Å². The Bertz CT molecular complexity index is 1400. The SMILES string of the molecule is CCCCCCCCCCCCCCCCCCCCCCCCCCCCCCCC(O)C(COC1OC(CO)C(OC2OC(CO)C(O)C(O)C2O)C(O)C1O)NC(=O)CCCCCCCCCCCCCCCCCCCCCC. The number of hydrogen-bond acceptors (Lipinski definition) is 13. The molecule has 0 aromatic carbocycles. The van der Waals surface area contributed by atoms with Crippen molar-refractivity contribution in [2.45, 2.75) is 415 Å². The third kappa shape index (κ3) is 39.6. The molecule has 9 N–H and O–H groups in total. The van der Waals surface area contributed by atoms with E-state index in [1.807, 2.05) is 0 Å². The van der Waals surface area contributed by atoms with Crippen LogP contribution in [0.3, 0.4) is 0 Å². The van der Waals surface area contributed by atoms with E-state index < -0.39 is 86.8 Å². The van der Waals surface area contributed by atoms with Crippen molar-refractivity contribution >= 4 is 5.91 Å². The van der Waals surface area contributed by atoms with E-state index in [4.69, 9.17) is 18.9 Å². The van der Waals surface area contributed by atoms with E-state index in [1.165, 1.54) is 263 Å². The van der Waals surface area contributed by atoms with Crippen LogP contribution >= 0.6 is 0 Å². The molecular weight excluding hydrogens is 1050 g/mol. The summed E-state index contributed by atoms with van der Waals surface area (Å²) in [6.07, 6.45) is 48.4. The van der Waals surface area contributed by atoms with Gasteiger partial charge in [-0.3, -0.25) is 4.79 Å². The van der Waals surface area contributed by atoms with E-state index in [0.29, 0.717) is 12.8 Å². The number of unbranched alkanes of at least 4 members (excludes halogenated alkanes) is 47. The zero-order valence-corrected chi connectivity index (χ0v) is 53.7. The predicted octanol–water partition coefficient (Wildman–Crippen LogP) is 14.4. The number of rotatable bonds is 60. The molecule has 494 valence electrons. The molecule has 2 heterocycles. The maximum absolute atomic E-state index is 13.3. The van der Waals surface area contributed by atoms with Gasteiger partial charge in [-0.1, -0.05) is 322 Å². The van der Waals surface area contributed by atoms with Gasteiger partial charge in [0.1, 0.15) is 48.8 Å². The van der Waals surface area contributed by atoms with Crippen LogP contribution < -0.4 is 5.32 Å². The molecule has 0 radical (unpaired) electrons. The summed E-state index contributed by atoms with van der Waals surface area (Å²) in [6, 6.07) is -0.824. The fourth-order valence-electron chi connectivity index (χ4n) is 12.4. The first-order valence-corrected chi connectivity index (χ1v) is 35.8. The standard InChI is InChI=1S/C69H135NO13/c1-3-5-7-9-11-13-15-17-19-21-23-25-26-27-28-29-30-31-32-33-34-36-38-40-42-44-46-48-50-52-58(73)57(70-61(74)53-51-49-47-45-43-41-39-37-35-24-22-20-18-16-14-12-10-8-6-4-2)56-80-68-66(79)64(77)67(60(55-72)82-68)83-69-65(78)63(76)62(75)59(54-71)81-69/h57-60,62-69,71-73,75-79H,3-56H2,1-2H3,(H,70,74). The Morgan fingerprint density at radius 1 is 0.386 bits per heavy atom. The van der Waals surface area contributed by atoms with Crippen LogP contribution in [0, 0.1) is 0 Å². The van der Waals surface area contributed by atoms with Gasteiger partial charge in [0.25, 0.3) is 0 Å². The molecule has 14 nitrogen and oxygen atoms in total. The minimum absolute atomic E-state index is 0.197. The highest BCUT2D eigenvalue weighted by atomic mass is 16.7. The van der Waals surface area contributed by atoms with Crippen molar-refractivity contribution in [3.05, 3.63) is 0 Å². The van der Waals surface area contributed by atoms with E-state index in [-0.39, 0.29) is 12.5 Å². The molecule has 0 aliphatic carbocycles. The largest absolute Gasteiger partial charge is 0.394 e. The molecule has 0 aromatic heterocycles.